The molecule has 0 bridgehead atoms. The quantitative estimate of drug-likeness (QED) is 0.307. The summed E-state index contributed by atoms with van der Waals surface area (Å²) in [4.78, 5) is 0. The maximum absolute atomic E-state index is 8.71. The Bertz CT molecular complexity index is 360. The molecule has 1 unspecified atom stereocenters. The molecular formula is C19H37N2O3P. The third kappa shape index (κ3) is 9.87. The molecule has 1 saturated carbocycles. The second kappa shape index (κ2) is 13.9. The highest BCUT2D eigenvalue weighted by Gasteiger charge is 2.26. The molecule has 1 atom stereocenters. The van der Waals surface area contributed by atoms with Gasteiger partial charge in [0.1, 0.15) is 0 Å². The highest BCUT2D eigenvalue weighted by Crippen LogP contribution is 2.45. The van der Waals surface area contributed by atoms with Crippen LogP contribution in [0.3, 0.4) is 0 Å². The predicted octanol–water partition coefficient (Wildman–Crippen LogP) is 5.27. The first-order valence-electron chi connectivity index (χ1n) is 9.85. The molecule has 0 saturated heterocycles. The number of nitrogens with zero attached hydrogens (tertiary/aromatic N) is 2. The van der Waals surface area contributed by atoms with E-state index in [1.54, 1.807) is 0 Å². The molecule has 0 aromatic carbocycles. The highest BCUT2D eigenvalue weighted by atomic mass is 31.2. The largest absolute Gasteiger partial charge is 0.379 e. The monoisotopic (exact) mass is 372 g/mol. The lowest BCUT2D eigenvalue weighted by atomic mass is 10.0. The van der Waals surface area contributed by atoms with Crippen LogP contribution >= 0.6 is 8.53 Å². The van der Waals surface area contributed by atoms with E-state index in [1.165, 1.54) is 32.1 Å². The smallest absolute Gasteiger partial charge is 0.259 e. The van der Waals surface area contributed by atoms with Gasteiger partial charge in [-0.3, -0.25) is 0 Å². The average Bonchev–Trinajstić information content (AvgIpc) is 3.06. The van der Waals surface area contributed by atoms with Crippen molar-refractivity contribution in [3.8, 4) is 6.07 Å². The fraction of sp³-hybridized carbons (Fsp3) is 0.947. The minimum absolute atomic E-state index is 0.334. The van der Waals surface area contributed by atoms with Gasteiger partial charge in [0.05, 0.1) is 32.3 Å². The third-order valence-electron chi connectivity index (χ3n) is 4.47. The maximum Gasteiger partial charge on any atom is 0.259 e. The van der Waals surface area contributed by atoms with Crippen molar-refractivity contribution in [2.75, 3.05) is 26.4 Å². The fourth-order valence-electron chi connectivity index (χ4n) is 3.36. The van der Waals surface area contributed by atoms with E-state index >= 15 is 0 Å². The Hall–Kier alpha value is -0.240. The molecule has 1 aliphatic carbocycles. The van der Waals surface area contributed by atoms with Gasteiger partial charge in [-0.2, -0.15) is 5.26 Å². The minimum Gasteiger partial charge on any atom is -0.379 e. The van der Waals surface area contributed by atoms with Gasteiger partial charge in [0.25, 0.3) is 8.53 Å². The number of hydrogen-bond acceptors (Lipinski definition) is 5. The normalized spacial score (nSPS) is 16.9. The van der Waals surface area contributed by atoms with Gasteiger partial charge in [-0.05, 0) is 46.5 Å². The van der Waals surface area contributed by atoms with Crippen molar-refractivity contribution in [2.45, 2.75) is 84.7 Å². The van der Waals surface area contributed by atoms with Crippen LogP contribution in [0.25, 0.3) is 0 Å². The Balaban J connectivity index is 2.22. The zero-order chi connectivity index (χ0) is 18.5. The van der Waals surface area contributed by atoms with Crippen LogP contribution < -0.4 is 0 Å². The summed E-state index contributed by atoms with van der Waals surface area (Å²) in [5, 5.41) is 8.71. The van der Waals surface area contributed by atoms with Crippen molar-refractivity contribution in [1.29, 1.82) is 5.26 Å². The van der Waals surface area contributed by atoms with E-state index in [0.29, 0.717) is 38.3 Å². The Labute approximate surface area is 156 Å². The Morgan fingerprint density at radius 3 is 2.24 bits per heavy atom. The lowest BCUT2D eigenvalue weighted by molar-refractivity contribution is 0.0840. The summed E-state index contributed by atoms with van der Waals surface area (Å²) < 4.78 is 19.8. The fourth-order valence-corrected chi connectivity index (χ4v) is 4.94. The maximum atomic E-state index is 8.71. The van der Waals surface area contributed by atoms with E-state index in [-0.39, 0.29) is 0 Å². The molecule has 1 fully saturated rings. The van der Waals surface area contributed by atoms with Crippen molar-refractivity contribution in [3.05, 3.63) is 0 Å². The van der Waals surface area contributed by atoms with Crippen LogP contribution in [0.15, 0.2) is 0 Å². The molecule has 25 heavy (non-hydrogen) atoms. The second-order valence-corrected chi connectivity index (χ2v) is 8.74. The van der Waals surface area contributed by atoms with Crippen LogP contribution in [-0.2, 0) is 13.8 Å². The van der Waals surface area contributed by atoms with Crippen LogP contribution in [0.4, 0.5) is 0 Å². The van der Waals surface area contributed by atoms with Gasteiger partial charge in [0, 0.05) is 18.7 Å². The van der Waals surface area contributed by atoms with Gasteiger partial charge in [0.2, 0.25) is 0 Å². The average molecular weight is 372 g/mol. The van der Waals surface area contributed by atoms with Crippen molar-refractivity contribution < 1.29 is 13.8 Å². The van der Waals surface area contributed by atoms with Crippen LogP contribution in [0.2, 0.25) is 0 Å². The molecule has 0 aromatic rings. The third-order valence-corrected chi connectivity index (χ3v) is 6.58. The van der Waals surface area contributed by atoms with Gasteiger partial charge in [-0.25, -0.2) is 4.67 Å². The summed E-state index contributed by atoms with van der Waals surface area (Å²) in [6, 6.07) is 2.79. The van der Waals surface area contributed by atoms with E-state index in [2.05, 4.69) is 38.4 Å². The van der Waals surface area contributed by atoms with E-state index < -0.39 is 8.53 Å². The SMILES string of the molecule is CC(C)N(C(C)C)P(OCCC#N)OCCOCCCC1CCCC1. The molecule has 1 aliphatic rings. The predicted molar refractivity (Wildman–Crippen MR) is 103 cm³/mol. The first-order chi connectivity index (χ1) is 12.1. The molecule has 1 rings (SSSR count). The molecule has 146 valence electrons. The van der Waals surface area contributed by atoms with E-state index in [4.69, 9.17) is 19.0 Å². The van der Waals surface area contributed by atoms with Crippen LogP contribution in [-0.4, -0.2) is 43.2 Å². The molecule has 6 heteroatoms. The van der Waals surface area contributed by atoms with Crippen molar-refractivity contribution in [3.63, 3.8) is 0 Å². The van der Waals surface area contributed by atoms with E-state index in [9.17, 15) is 0 Å². The van der Waals surface area contributed by atoms with Crippen LogP contribution in [0, 0.1) is 17.2 Å². The molecule has 0 radical (unpaired) electrons. The van der Waals surface area contributed by atoms with Gasteiger partial charge < -0.3 is 13.8 Å². The molecule has 0 amide bonds. The number of ether oxygens (including phenoxy) is 1. The Morgan fingerprint density at radius 1 is 1.00 bits per heavy atom. The van der Waals surface area contributed by atoms with Crippen molar-refractivity contribution >= 4 is 8.53 Å². The molecular weight excluding hydrogens is 335 g/mol. The Morgan fingerprint density at radius 2 is 1.64 bits per heavy atom. The summed E-state index contributed by atoms with van der Waals surface area (Å²) in [6.45, 7) is 11.0. The molecule has 0 spiro atoms. The first kappa shape index (κ1) is 22.8. The standard InChI is InChI=1S/C19H37N2O3P/c1-17(2)21(18(3)4)25(23-14-8-12-20)24-16-15-22-13-7-11-19-9-5-6-10-19/h17-19H,5-11,13-16H2,1-4H3. The zero-order valence-corrected chi connectivity index (χ0v) is 17.5. The van der Waals surface area contributed by atoms with E-state index in [0.717, 1.165) is 18.9 Å². The van der Waals surface area contributed by atoms with Crippen LogP contribution in [0.5, 0.6) is 0 Å². The number of hydrogen-bond donors (Lipinski definition) is 0. The van der Waals surface area contributed by atoms with Gasteiger partial charge in [-0.1, -0.05) is 25.7 Å². The minimum atomic E-state index is -1.14. The summed E-state index contributed by atoms with van der Waals surface area (Å²) in [7, 11) is -1.14. The van der Waals surface area contributed by atoms with E-state index in [1.807, 2.05) is 0 Å². The topological polar surface area (TPSA) is 54.7 Å². The van der Waals surface area contributed by atoms with Gasteiger partial charge >= 0.3 is 0 Å². The number of rotatable bonds is 14. The first-order valence-corrected chi connectivity index (χ1v) is 11.0. The highest BCUT2D eigenvalue weighted by molar-refractivity contribution is 7.44. The van der Waals surface area contributed by atoms with Gasteiger partial charge in [-0.15, -0.1) is 0 Å². The summed E-state index contributed by atoms with van der Waals surface area (Å²) in [5.74, 6) is 0.937. The molecule has 0 heterocycles. The zero-order valence-electron chi connectivity index (χ0n) is 16.6. The summed E-state index contributed by atoms with van der Waals surface area (Å²) in [5.41, 5.74) is 0. The molecule has 0 aliphatic heterocycles. The second-order valence-electron chi connectivity index (χ2n) is 7.28. The molecule has 0 N–H and O–H groups in total. The van der Waals surface area contributed by atoms with Gasteiger partial charge in [0.15, 0.2) is 0 Å². The number of nitriles is 1. The summed E-state index contributed by atoms with van der Waals surface area (Å²) in [6.07, 6.45) is 8.50. The van der Waals surface area contributed by atoms with Crippen molar-refractivity contribution in [1.82, 2.24) is 4.67 Å². The Kier molecular flexibility index (Phi) is 12.7. The molecule has 0 aromatic heterocycles. The summed E-state index contributed by atoms with van der Waals surface area (Å²) >= 11 is 0. The lowest BCUT2D eigenvalue weighted by Crippen LogP contribution is -2.34. The lowest BCUT2D eigenvalue weighted by Gasteiger charge is -2.35. The van der Waals surface area contributed by atoms with Crippen LogP contribution in [0.1, 0.15) is 72.6 Å². The molecule has 5 nitrogen and oxygen atoms in total. The van der Waals surface area contributed by atoms with Crippen molar-refractivity contribution in [2.24, 2.45) is 5.92 Å².